The Kier molecular flexibility index (Phi) is 3.98. The lowest BCUT2D eigenvalue weighted by Crippen LogP contribution is -2.13. The third-order valence-electron chi connectivity index (χ3n) is 2.67. The molecular formula is C14H11Cl2NO2. The van der Waals surface area contributed by atoms with Gasteiger partial charge in [-0.2, -0.15) is 0 Å². The Bertz CT molecular complexity index is 641. The van der Waals surface area contributed by atoms with Gasteiger partial charge in [-0.25, -0.2) is 0 Å². The van der Waals surface area contributed by atoms with E-state index in [1.54, 1.807) is 24.3 Å². The molecule has 0 fully saturated rings. The number of hydrogen-bond donors (Lipinski definition) is 2. The van der Waals surface area contributed by atoms with Gasteiger partial charge in [-0.3, -0.25) is 4.79 Å². The molecule has 0 heterocycles. The van der Waals surface area contributed by atoms with E-state index in [-0.39, 0.29) is 11.3 Å². The number of halogens is 2. The van der Waals surface area contributed by atoms with E-state index in [1.807, 2.05) is 6.92 Å². The monoisotopic (exact) mass is 295 g/mol. The Morgan fingerprint density at radius 3 is 2.53 bits per heavy atom. The number of amides is 1. The number of phenolic OH excluding ortho intramolecular Hbond substituents is 1. The molecule has 1 amide bonds. The van der Waals surface area contributed by atoms with Gasteiger partial charge in [0.25, 0.3) is 5.91 Å². The molecule has 98 valence electrons. The molecule has 0 unspecified atom stereocenters. The van der Waals surface area contributed by atoms with Crippen LogP contribution >= 0.6 is 23.2 Å². The molecule has 0 saturated carbocycles. The molecule has 19 heavy (non-hydrogen) atoms. The van der Waals surface area contributed by atoms with Gasteiger partial charge in [0.1, 0.15) is 5.75 Å². The van der Waals surface area contributed by atoms with Crippen LogP contribution in [0.5, 0.6) is 5.75 Å². The maximum absolute atomic E-state index is 12.1. The molecule has 0 aliphatic carbocycles. The van der Waals surface area contributed by atoms with Crippen molar-refractivity contribution in [2.45, 2.75) is 6.92 Å². The maximum atomic E-state index is 12.1. The average molecular weight is 296 g/mol. The molecule has 5 heteroatoms. The van der Waals surface area contributed by atoms with Crippen LogP contribution in [0.1, 0.15) is 15.9 Å². The molecule has 0 spiro atoms. The number of benzene rings is 2. The summed E-state index contributed by atoms with van der Waals surface area (Å²) in [6.45, 7) is 1.81. The minimum absolute atomic E-state index is 0.0973. The van der Waals surface area contributed by atoms with E-state index in [0.717, 1.165) is 5.56 Å². The SMILES string of the molecule is Cc1ccc(Cl)c(NC(=O)c2ccccc2O)c1Cl. The summed E-state index contributed by atoms with van der Waals surface area (Å²) in [4.78, 5) is 12.1. The Labute approximate surface area is 120 Å². The molecule has 0 saturated heterocycles. The average Bonchev–Trinajstić information content (AvgIpc) is 2.39. The number of rotatable bonds is 2. The van der Waals surface area contributed by atoms with E-state index in [1.165, 1.54) is 12.1 Å². The van der Waals surface area contributed by atoms with Crippen molar-refractivity contribution in [3.63, 3.8) is 0 Å². The molecule has 2 rings (SSSR count). The van der Waals surface area contributed by atoms with Crippen LogP contribution in [0.3, 0.4) is 0 Å². The van der Waals surface area contributed by atoms with Crippen molar-refractivity contribution in [3.8, 4) is 5.75 Å². The van der Waals surface area contributed by atoms with E-state index < -0.39 is 5.91 Å². The Balaban J connectivity index is 2.35. The lowest BCUT2D eigenvalue weighted by molar-refractivity contribution is 0.102. The number of carbonyl (C=O) groups is 1. The van der Waals surface area contributed by atoms with Crippen molar-refractivity contribution in [1.29, 1.82) is 0 Å². The Hall–Kier alpha value is -1.71. The van der Waals surface area contributed by atoms with E-state index in [9.17, 15) is 9.90 Å². The number of aryl methyl sites for hydroxylation is 1. The number of anilines is 1. The van der Waals surface area contributed by atoms with Gasteiger partial charge < -0.3 is 10.4 Å². The first-order chi connectivity index (χ1) is 9.00. The molecule has 3 nitrogen and oxygen atoms in total. The van der Waals surface area contributed by atoms with Crippen molar-refractivity contribution in [2.75, 3.05) is 5.32 Å². The van der Waals surface area contributed by atoms with Gasteiger partial charge in [0, 0.05) is 0 Å². The molecule has 0 bridgehead atoms. The largest absolute Gasteiger partial charge is 0.507 e. The van der Waals surface area contributed by atoms with Gasteiger partial charge in [-0.05, 0) is 30.7 Å². The fourth-order valence-electron chi connectivity index (χ4n) is 1.62. The summed E-state index contributed by atoms with van der Waals surface area (Å²) < 4.78 is 0. The molecule has 0 atom stereocenters. The van der Waals surface area contributed by atoms with Crippen molar-refractivity contribution >= 4 is 34.8 Å². The number of hydrogen-bond acceptors (Lipinski definition) is 2. The third-order valence-corrected chi connectivity index (χ3v) is 3.47. The molecule has 2 aromatic rings. The van der Waals surface area contributed by atoms with Gasteiger partial charge in [-0.1, -0.05) is 41.4 Å². The van der Waals surface area contributed by atoms with Crippen LogP contribution in [0.2, 0.25) is 10.0 Å². The fraction of sp³-hybridized carbons (Fsp3) is 0.0714. The number of para-hydroxylation sites is 1. The van der Waals surface area contributed by atoms with Gasteiger partial charge >= 0.3 is 0 Å². The standard InChI is InChI=1S/C14H11Cl2NO2/c1-8-6-7-10(15)13(12(8)16)17-14(19)9-4-2-3-5-11(9)18/h2-7,18H,1H3,(H,17,19). The van der Waals surface area contributed by atoms with Crippen molar-refractivity contribution in [2.24, 2.45) is 0 Å². The maximum Gasteiger partial charge on any atom is 0.259 e. The lowest BCUT2D eigenvalue weighted by atomic mass is 10.1. The zero-order valence-corrected chi connectivity index (χ0v) is 11.6. The van der Waals surface area contributed by atoms with Gasteiger partial charge in [0.05, 0.1) is 21.3 Å². The highest BCUT2D eigenvalue weighted by Gasteiger charge is 2.15. The van der Waals surface area contributed by atoms with Crippen molar-refractivity contribution < 1.29 is 9.90 Å². The smallest absolute Gasteiger partial charge is 0.259 e. The zero-order valence-electron chi connectivity index (χ0n) is 10.1. The van der Waals surface area contributed by atoms with Crippen molar-refractivity contribution in [1.82, 2.24) is 0 Å². The molecule has 2 aromatic carbocycles. The van der Waals surface area contributed by atoms with E-state index in [2.05, 4.69) is 5.32 Å². The third kappa shape index (κ3) is 2.83. The summed E-state index contributed by atoms with van der Waals surface area (Å²) in [5.41, 5.74) is 1.31. The van der Waals surface area contributed by atoms with Crippen LogP contribution in [-0.4, -0.2) is 11.0 Å². The molecule has 0 radical (unpaired) electrons. The Morgan fingerprint density at radius 2 is 1.84 bits per heavy atom. The van der Waals surface area contributed by atoms with Crippen LogP contribution in [-0.2, 0) is 0 Å². The number of aromatic hydroxyl groups is 1. The van der Waals surface area contributed by atoms with Crippen LogP contribution in [0.15, 0.2) is 36.4 Å². The molecule has 2 N–H and O–H groups in total. The van der Waals surface area contributed by atoms with E-state index >= 15 is 0 Å². The molecule has 0 aliphatic rings. The highest BCUT2D eigenvalue weighted by molar-refractivity contribution is 6.40. The summed E-state index contributed by atoms with van der Waals surface area (Å²) in [6, 6.07) is 9.67. The molecule has 0 aliphatic heterocycles. The normalized spacial score (nSPS) is 10.3. The predicted molar refractivity (Wildman–Crippen MR) is 77.3 cm³/mol. The first kappa shape index (κ1) is 13.7. The Morgan fingerprint density at radius 1 is 1.16 bits per heavy atom. The summed E-state index contributed by atoms with van der Waals surface area (Å²) in [5.74, 6) is -0.563. The first-order valence-electron chi connectivity index (χ1n) is 5.54. The van der Waals surface area contributed by atoms with Gasteiger partial charge in [0.2, 0.25) is 0 Å². The molecular weight excluding hydrogens is 285 g/mol. The number of phenols is 1. The highest BCUT2D eigenvalue weighted by atomic mass is 35.5. The summed E-state index contributed by atoms with van der Waals surface area (Å²) >= 11 is 12.1. The van der Waals surface area contributed by atoms with Crippen LogP contribution in [0.4, 0.5) is 5.69 Å². The summed E-state index contributed by atoms with van der Waals surface area (Å²) in [6.07, 6.45) is 0. The van der Waals surface area contributed by atoms with Crippen molar-refractivity contribution in [3.05, 3.63) is 57.6 Å². The topological polar surface area (TPSA) is 49.3 Å². The van der Waals surface area contributed by atoms with E-state index in [4.69, 9.17) is 23.2 Å². The van der Waals surface area contributed by atoms with E-state index in [0.29, 0.717) is 15.7 Å². The zero-order chi connectivity index (χ0) is 14.0. The first-order valence-corrected chi connectivity index (χ1v) is 6.30. The van der Waals surface area contributed by atoms with Crippen LogP contribution < -0.4 is 5.32 Å². The minimum Gasteiger partial charge on any atom is -0.507 e. The second-order valence-electron chi connectivity index (χ2n) is 4.02. The highest BCUT2D eigenvalue weighted by Crippen LogP contribution is 2.33. The quantitative estimate of drug-likeness (QED) is 0.870. The van der Waals surface area contributed by atoms with Gasteiger partial charge in [0.15, 0.2) is 0 Å². The van der Waals surface area contributed by atoms with Crippen LogP contribution in [0, 0.1) is 6.92 Å². The summed E-state index contributed by atoms with van der Waals surface area (Å²) in [5, 5.41) is 13.0. The fourth-order valence-corrected chi connectivity index (χ4v) is 2.08. The second-order valence-corrected chi connectivity index (χ2v) is 4.81. The lowest BCUT2D eigenvalue weighted by Gasteiger charge is -2.11. The number of carbonyl (C=O) groups excluding carboxylic acids is 1. The van der Waals surface area contributed by atoms with Gasteiger partial charge in [-0.15, -0.1) is 0 Å². The predicted octanol–water partition coefficient (Wildman–Crippen LogP) is 4.26. The summed E-state index contributed by atoms with van der Waals surface area (Å²) in [7, 11) is 0. The second kappa shape index (κ2) is 5.51. The van der Waals surface area contributed by atoms with Crippen LogP contribution in [0.25, 0.3) is 0 Å². The minimum atomic E-state index is -0.465. The molecule has 0 aromatic heterocycles. The number of nitrogens with one attached hydrogen (secondary N) is 1.